The van der Waals surface area contributed by atoms with E-state index in [9.17, 15) is 14.4 Å². The first-order valence-corrected chi connectivity index (χ1v) is 6.41. The van der Waals surface area contributed by atoms with E-state index in [4.69, 9.17) is 4.84 Å². The summed E-state index contributed by atoms with van der Waals surface area (Å²) in [6.07, 6.45) is 0.123. The summed E-state index contributed by atoms with van der Waals surface area (Å²) >= 11 is 0. The fourth-order valence-electron chi connectivity index (χ4n) is 1.84. The quantitative estimate of drug-likeness (QED) is 0.753. The van der Waals surface area contributed by atoms with E-state index in [0.717, 1.165) is 6.54 Å². The van der Waals surface area contributed by atoms with Gasteiger partial charge in [0.2, 0.25) is 0 Å². The normalized spacial score (nSPS) is 13.8. The zero-order chi connectivity index (χ0) is 14.7. The SMILES string of the molecule is CCN(C)CCC(=O)ON1C(=O)c2ccccc2C1=O. The van der Waals surface area contributed by atoms with Gasteiger partial charge in [-0.2, -0.15) is 0 Å². The van der Waals surface area contributed by atoms with Gasteiger partial charge in [0.05, 0.1) is 17.5 Å². The predicted molar refractivity (Wildman–Crippen MR) is 70.8 cm³/mol. The summed E-state index contributed by atoms with van der Waals surface area (Å²) in [5, 5.41) is 0.541. The van der Waals surface area contributed by atoms with Crippen LogP contribution in [-0.2, 0) is 9.63 Å². The van der Waals surface area contributed by atoms with Crippen LogP contribution >= 0.6 is 0 Å². The molecule has 20 heavy (non-hydrogen) atoms. The summed E-state index contributed by atoms with van der Waals surface area (Å²) in [4.78, 5) is 42.4. The molecule has 0 spiro atoms. The molecule has 1 aliphatic heterocycles. The minimum Gasteiger partial charge on any atom is -0.330 e. The molecule has 0 saturated carbocycles. The van der Waals surface area contributed by atoms with Crippen LogP contribution in [0.1, 0.15) is 34.1 Å². The summed E-state index contributed by atoms with van der Waals surface area (Å²) in [7, 11) is 1.87. The predicted octanol–water partition coefficient (Wildman–Crippen LogP) is 1.08. The molecule has 1 aliphatic rings. The Bertz CT molecular complexity index is 521. The molecule has 0 atom stereocenters. The van der Waals surface area contributed by atoms with Crippen molar-refractivity contribution in [3.63, 3.8) is 0 Å². The second-order valence-corrected chi connectivity index (χ2v) is 4.56. The number of amides is 2. The fraction of sp³-hybridized carbons (Fsp3) is 0.357. The molecule has 0 N–H and O–H groups in total. The van der Waals surface area contributed by atoms with Crippen LogP contribution in [0.2, 0.25) is 0 Å². The molecule has 0 radical (unpaired) electrons. The van der Waals surface area contributed by atoms with Crippen molar-refractivity contribution in [1.29, 1.82) is 0 Å². The summed E-state index contributed by atoms with van der Waals surface area (Å²) in [5.74, 6) is -1.79. The van der Waals surface area contributed by atoms with Gasteiger partial charge in [0, 0.05) is 6.54 Å². The van der Waals surface area contributed by atoms with Crippen molar-refractivity contribution in [2.45, 2.75) is 13.3 Å². The van der Waals surface area contributed by atoms with Crippen molar-refractivity contribution in [3.05, 3.63) is 35.4 Å². The smallest absolute Gasteiger partial charge is 0.330 e. The van der Waals surface area contributed by atoms with Gasteiger partial charge in [-0.1, -0.05) is 24.1 Å². The zero-order valence-electron chi connectivity index (χ0n) is 11.5. The third-order valence-electron chi connectivity index (χ3n) is 3.19. The Labute approximate surface area is 116 Å². The highest BCUT2D eigenvalue weighted by molar-refractivity contribution is 6.20. The number of hydroxylamine groups is 2. The van der Waals surface area contributed by atoms with E-state index in [2.05, 4.69) is 0 Å². The van der Waals surface area contributed by atoms with Crippen LogP contribution in [0.4, 0.5) is 0 Å². The summed E-state index contributed by atoms with van der Waals surface area (Å²) < 4.78 is 0. The van der Waals surface area contributed by atoms with Crippen LogP contribution in [0.5, 0.6) is 0 Å². The minimum atomic E-state index is -0.597. The Morgan fingerprint density at radius 2 is 1.75 bits per heavy atom. The van der Waals surface area contributed by atoms with Crippen molar-refractivity contribution < 1.29 is 19.2 Å². The van der Waals surface area contributed by atoms with Gasteiger partial charge >= 0.3 is 5.97 Å². The van der Waals surface area contributed by atoms with Gasteiger partial charge in [-0.3, -0.25) is 9.59 Å². The second-order valence-electron chi connectivity index (χ2n) is 4.56. The number of nitrogens with zero attached hydrogens (tertiary/aromatic N) is 2. The molecule has 106 valence electrons. The average Bonchev–Trinajstić information content (AvgIpc) is 2.70. The van der Waals surface area contributed by atoms with E-state index in [1.807, 2.05) is 18.9 Å². The van der Waals surface area contributed by atoms with Crippen LogP contribution in [0.15, 0.2) is 24.3 Å². The molecule has 0 saturated heterocycles. The maximum absolute atomic E-state index is 12.0. The molecule has 2 amide bonds. The highest BCUT2D eigenvalue weighted by Gasteiger charge is 2.38. The van der Waals surface area contributed by atoms with Crippen LogP contribution in [-0.4, -0.2) is 47.9 Å². The maximum Gasteiger partial charge on any atom is 0.334 e. The molecule has 0 aromatic heterocycles. The number of carbonyl (C=O) groups excluding carboxylic acids is 3. The van der Waals surface area contributed by atoms with E-state index in [-0.39, 0.29) is 17.5 Å². The Kier molecular flexibility index (Phi) is 4.14. The van der Waals surface area contributed by atoms with Crippen molar-refractivity contribution in [1.82, 2.24) is 9.96 Å². The van der Waals surface area contributed by atoms with Crippen LogP contribution in [0.25, 0.3) is 0 Å². The number of fused-ring (bicyclic) bond motifs is 1. The van der Waals surface area contributed by atoms with Gasteiger partial charge in [0.15, 0.2) is 0 Å². The van der Waals surface area contributed by atoms with E-state index < -0.39 is 17.8 Å². The molecule has 6 heteroatoms. The molecule has 0 fully saturated rings. The van der Waals surface area contributed by atoms with E-state index in [1.165, 1.54) is 12.1 Å². The van der Waals surface area contributed by atoms with Gasteiger partial charge < -0.3 is 9.74 Å². The number of imide groups is 1. The Hall–Kier alpha value is -2.21. The zero-order valence-corrected chi connectivity index (χ0v) is 11.5. The molecule has 6 nitrogen and oxygen atoms in total. The highest BCUT2D eigenvalue weighted by atomic mass is 16.7. The summed E-state index contributed by atoms with van der Waals surface area (Å²) in [5.41, 5.74) is 0.520. The molecule has 1 aromatic carbocycles. The first-order chi connectivity index (χ1) is 9.54. The minimum absolute atomic E-state index is 0.123. The third kappa shape index (κ3) is 2.70. The van der Waals surface area contributed by atoms with Gasteiger partial charge in [0.1, 0.15) is 0 Å². The monoisotopic (exact) mass is 276 g/mol. The highest BCUT2D eigenvalue weighted by Crippen LogP contribution is 2.22. The van der Waals surface area contributed by atoms with E-state index in [0.29, 0.717) is 11.6 Å². The van der Waals surface area contributed by atoms with Gasteiger partial charge in [-0.05, 0) is 25.7 Å². The maximum atomic E-state index is 12.0. The molecule has 1 aromatic rings. The Morgan fingerprint density at radius 3 is 2.25 bits per heavy atom. The third-order valence-corrected chi connectivity index (χ3v) is 3.19. The average molecular weight is 276 g/mol. The lowest BCUT2D eigenvalue weighted by Gasteiger charge is -2.15. The number of benzene rings is 1. The molecular formula is C14H16N2O4. The molecule has 2 rings (SSSR count). The summed E-state index contributed by atoms with van der Waals surface area (Å²) in [6.45, 7) is 3.29. The van der Waals surface area contributed by atoms with Crippen LogP contribution < -0.4 is 0 Å². The lowest BCUT2D eigenvalue weighted by molar-refractivity contribution is -0.168. The van der Waals surface area contributed by atoms with Crippen molar-refractivity contribution >= 4 is 17.8 Å². The van der Waals surface area contributed by atoms with Gasteiger partial charge in [0.25, 0.3) is 11.8 Å². The first-order valence-electron chi connectivity index (χ1n) is 6.41. The Balaban J connectivity index is 2.00. The molecule has 0 bridgehead atoms. The Morgan fingerprint density at radius 1 is 1.20 bits per heavy atom. The molecule has 0 aliphatic carbocycles. The van der Waals surface area contributed by atoms with Gasteiger partial charge in [-0.15, -0.1) is 0 Å². The number of rotatable bonds is 5. The number of hydrogen-bond donors (Lipinski definition) is 0. The standard InChI is InChI=1S/C14H16N2O4/c1-3-15(2)9-8-12(17)20-16-13(18)10-6-4-5-7-11(10)14(16)19/h4-7H,3,8-9H2,1-2H3. The molecule has 1 heterocycles. The fourth-order valence-corrected chi connectivity index (χ4v) is 1.84. The van der Waals surface area contributed by atoms with Crippen LogP contribution in [0, 0.1) is 0 Å². The molecule has 0 unspecified atom stereocenters. The largest absolute Gasteiger partial charge is 0.334 e. The van der Waals surface area contributed by atoms with Crippen molar-refractivity contribution in [2.24, 2.45) is 0 Å². The van der Waals surface area contributed by atoms with Crippen molar-refractivity contribution in [3.8, 4) is 0 Å². The number of carbonyl (C=O) groups is 3. The summed E-state index contributed by atoms with van der Waals surface area (Å²) in [6, 6.07) is 6.39. The second kappa shape index (κ2) is 5.83. The van der Waals surface area contributed by atoms with Gasteiger partial charge in [-0.25, -0.2) is 4.79 Å². The molecular weight excluding hydrogens is 260 g/mol. The van der Waals surface area contributed by atoms with E-state index >= 15 is 0 Å². The first kappa shape index (κ1) is 14.2. The van der Waals surface area contributed by atoms with E-state index in [1.54, 1.807) is 12.1 Å². The lowest BCUT2D eigenvalue weighted by atomic mass is 10.1. The lowest BCUT2D eigenvalue weighted by Crippen LogP contribution is -2.33. The van der Waals surface area contributed by atoms with Crippen molar-refractivity contribution in [2.75, 3.05) is 20.1 Å². The topological polar surface area (TPSA) is 66.9 Å². The van der Waals surface area contributed by atoms with Crippen LogP contribution in [0.3, 0.4) is 0 Å². The number of hydrogen-bond acceptors (Lipinski definition) is 5.